The third kappa shape index (κ3) is 2.41. The Hall–Kier alpha value is -1.91. The second-order valence-electron chi connectivity index (χ2n) is 4.77. The standard InChI is InChI=1S/C16H12ClNO2S/c1-9(12-7-4-8-21-12)18-14-13(17)15(19)10-5-2-3-6-11(10)16(14)20/h2-9,18H,1H3. The van der Waals surface area contributed by atoms with Crippen LogP contribution in [0, 0.1) is 0 Å². The second kappa shape index (κ2) is 5.47. The maximum absolute atomic E-state index is 12.5. The third-order valence-corrected chi connectivity index (χ3v) is 4.81. The summed E-state index contributed by atoms with van der Waals surface area (Å²) in [6, 6.07) is 10.6. The zero-order chi connectivity index (χ0) is 15.0. The first kappa shape index (κ1) is 14.0. The molecule has 0 fully saturated rings. The number of ketones is 2. The van der Waals surface area contributed by atoms with E-state index in [1.54, 1.807) is 35.6 Å². The summed E-state index contributed by atoms with van der Waals surface area (Å²) in [6.07, 6.45) is 0. The van der Waals surface area contributed by atoms with Crippen molar-refractivity contribution in [2.24, 2.45) is 0 Å². The fraction of sp³-hybridized carbons (Fsp3) is 0.125. The summed E-state index contributed by atoms with van der Waals surface area (Å²) in [4.78, 5) is 25.9. The number of Topliss-reactive ketones (excluding diaryl/α,β-unsaturated/α-hetero) is 2. The van der Waals surface area contributed by atoms with Gasteiger partial charge in [0, 0.05) is 16.0 Å². The summed E-state index contributed by atoms with van der Waals surface area (Å²) < 4.78 is 0. The Morgan fingerprint density at radius 1 is 1.05 bits per heavy atom. The Balaban J connectivity index is 1.97. The molecule has 1 aromatic heterocycles. The van der Waals surface area contributed by atoms with Gasteiger partial charge < -0.3 is 5.32 Å². The molecule has 1 aliphatic carbocycles. The van der Waals surface area contributed by atoms with Crippen molar-refractivity contribution in [2.45, 2.75) is 13.0 Å². The summed E-state index contributed by atoms with van der Waals surface area (Å²) in [6.45, 7) is 1.93. The van der Waals surface area contributed by atoms with Gasteiger partial charge in [0.2, 0.25) is 11.6 Å². The summed E-state index contributed by atoms with van der Waals surface area (Å²) >= 11 is 7.70. The summed E-state index contributed by atoms with van der Waals surface area (Å²) in [5, 5.41) is 5.00. The zero-order valence-electron chi connectivity index (χ0n) is 11.2. The molecular weight excluding hydrogens is 306 g/mol. The van der Waals surface area contributed by atoms with Crippen molar-refractivity contribution in [3.8, 4) is 0 Å². The van der Waals surface area contributed by atoms with Crippen LogP contribution >= 0.6 is 22.9 Å². The van der Waals surface area contributed by atoms with Gasteiger partial charge in [0.05, 0.1) is 6.04 Å². The average molecular weight is 318 g/mol. The Morgan fingerprint density at radius 3 is 2.33 bits per heavy atom. The van der Waals surface area contributed by atoms with Crippen LogP contribution in [0.3, 0.4) is 0 Å². The molecule has 1 heterocycles. The fourth-order valence-electron chi connectivity index (χ4n) is 2.30. The number of halogens is 1. The van der Waals surface area contributed by atoms with Crippen LogP contribution in [0.25, 0.3) is 0 Å². The molecule has 1 aromatic carbocycles. The molecule has 1 aliphatic rings. The fourth-order valence-corrected chi connectivity index (χ4v) is 3.28. The van der Waals surface area contributed by atoms with Gasteiger partial charge >= 0.3 is 0 Å². The Bertz CT molecular complexity index is 749. The molecule has 0 spiro atoms. The van der Waals surface area contributed by atoms with E-state index in [9.17, 15) is 9.59 Å². The smallest absolute Gasteiger partial charge is 0.211 e. The van der Waals surface area contributed by atoms with Crippen molar-refractivity contribution in [3.05, 3.63) is 68.5 Å². The van der Waals surface area contributed by atoms with Gasteiger partial charge in [0.25, 0.3) is 0 Å². The van der Waals surface area contributed by atoms with Crippen molar-refractivity contribution >= 4 is 34.5 Å². The zero-order valence-corrected chi connectivity index (χ0v) is 12.8. The van der Waals surface area contributed by atoms with Gasteiger partial charge in [-0.2, -0.15) is 0 Å². The van der Waals surface area contributed by atoms with Crippen LogP contribution in [0.1, 0.15) is 38.6 Å². The van der Waals surface area contributed by atoms with Crippen LogP contribution in [-0.4, -0.2) is 11.6 Å². The minimum absolute atomic E-state index is 0.0397. The molecule has 0 radical (unpaired) electrons. The molecule has 106 valence electrons. The molecule has 0 amide bonds. The number of hydrogen-bond acceptors (Lipinski definition) is 4. The number of benzene rings is 1. The van der Waals surface area contributed by atoms with E-state index in [0.717, 1.165) is 4.88 Å². The average Bonchev–Trinajstić information content (AvgIpc) is 3.03. The van der Waals surface area contributed by atoms with Crippen LogP contribution in [0.15, 0.2) is 52.5 Å². The monoisotopic (exact) mass is 317 g/mol. The molecule has 1 unspecified atom stereocenters. The quantitative estimate of drug-likeness (QED) is 0.933. The Kier molecular flexibility index (Phi) is 3.66. The van der Waals surface area contributed by atoms with E-state index in [1.165, 1.54) is 0 Å². The first-order valence-corrected chi connectivity index (χ1v) is 7.73. The number of nitrogens with one attached hydrogen (secondary N) is 1. The van der Waals surface area contributed by atoms with E-state index >= 15 is 0 Å². The molecule has 3 rings (SSSR count). The largest absolute Gasteiger partial charge is 0.373 e. The van der Waals surface area contributed by atoms with Crippen LogP contribution < -0.4 is 5.32 Å². The lowest BCUT2D eigenvalue weighted by molar-refractivity contribution is 0.0973. The molecule has 2 aromatic rings. The van der Waals surface area contributed by atoms with Gasteiger partial charge in [-0.05, 0) is 18.4 Å². The maximum atomic E-state index is 12.5. The van der Waals surface area contributed by atoms with Gasteiger partial charge in [-0.1, -0.05) is 41.9 Å². The SMILES string of the molecule is CC(NC1=C(Cl)C(=O)c2ccccc2C1=O)c1cccs1. The number of rotatable bonds is 3. The Labute approximate surface area is 131 Å². The Morgan fingerprint density at radius 2 is 1.71 bits per heavy atom. The molecule has 1 N–H and O–H groups in total. The van der Waals surface area contributed by atoms with Gasteiger partial charge in [-0.3, -0.25) is 9.59 Å². The minimum Gasteiger partial charge on any atom is -0.373 e. The number of carbonyl (C=O) groups is 2. The summed E-state index contributed by atoms with van der Waals surface area (Å²) in [7, 11) is 0. The number of carbonyl (C=O) groups excluding carboxylic acids is 2. The minimum atomic E-state index is -0.312. The van der Waals surface area contributed by atoms with E-state index in [2.05, 4.69) is 5.32 Å². The number of allylic oxidation sites excluding steroid dienone is 2. The molecule has 0 saturated heterocycles. The molecule has 3 nitrogen and oxygen atoms in total. The first-order valence-electron chi connectivity index (χ1n) is 6.47. The highest BCUT2D eigenvalue weighted by Crippen LogP contribution is 2.29. The highest BCUT2D eigenvalue weighted by molar-refractivity contribution is 7.10. The van der Waals surface area contributed by atoms with E-state index in [-0.39, 0.29) is 28.3 Å². The predicted octanol–water partition coefficient (Wildman–Crippen LogP) is 3.93. The van der Waals surface area contributed by atoms with Crippen molar-refractivity contribution in [2.75, 3.05) is 0 Å². The van der Waals surface area contributed by atoms with E-state index in [0.29, 0.717) is 11.1 Å². The number of hydrogen-bond donors (Lipinski definition) is 1. The molecule has 1 atom stereocenters. The van der Waals surface area contributed by atoms with E-state index in [4.69, 9.17) is 11.6 Å². The van der Waals surface area contributed by atoms with Gasteiger partial charge in [0.1, 0.15) is 10.7 Å². The molecular formula is C16H12ClNO2S. The number of thiophene rings is 1. The lowest BCUT2D eigenvalue weighted by Crippen LogP contribution is -2.30. The summed E-state index contributed by atoms with van der Waals surface area (Å²) in [5.74, 6) is -0.550. The normalized spacial score (nSPS) is 15.9. The molecule has 0 saturated carbocycles. The predicted molar refractivity (Wildman–Crippen MR) is 83.9 cm³/mol. The van der Waals surface area contributed by atoms with Crippen LogP contribution in [0.2, 0.25) is 0 Å². The number of fused-ring (bicyclic) bond motifs is 1. The van der Waals surface area contributed by atoms with Crippen LogP contribution in [0.4, 0.5) is 0 Å². The van der Waals surface area contributed by atoms with Crippen molar-refractivity contribution in [1.82, 2.24) is 5.32 Å². The lowest BCUT2D eigenvalue weighted by Gasteiger charge is -2.21. The van der Waals surface area contributed by atoms with Gasteiger partial charge in [0.15, 0.2) is 0 Å². The molecule has 21 heavy (non-hydrogen) atoms. The van der Waals surface area contributed by atoms with Crippen LogP contribution in [-0.2, 0) is 0 Å². The van der Waals surface area contributed by atoms with Crippen LogP contribution in [0.5, 0.6) is 0 Å². The topological polar surface area (TPSA) is 46.2 Å². The molecule has 5 heteroatoms. The van der Waals surface area contributed by atoms with Crippen molar-refractivity contribution < 1.29 is 9.59 Å². The maximum Gasteiger partial charge on any atom is 0.211 e. The third-order valence-electron chi connectivity index (χ3n) is 3.39. The highest BCUT2D eigenvalue weighted by atomic mass is 35.5. The van der Waals surface area contributed by atoms with Gasteiger partial charge in [-0.25, -0.2) is 0 Å². The van der Waals surface area contributed by atoms with E-state index in [1.807, 2.05) is 24.4 Å². The second-order valence-corrected chi connectivity index (χ2v) is 6.13. The van der Waals surface area contributed by atoms with E-state index < -0.39 is 0 Å². The molecule has 0 aliphatic heterocycles. The van der Waals surface area contributed by atoms with Crippen molar-refractivity contribution in [3.63, 3.8) is 0 Å². The van der Waals surface area contributed by atoms with Crippen molar-refractivity contribution in [1.29, 1.82) is 0 Å². The first-order chi connectivity index (χ1) is 10.1. The van der Waals surface area contributed by atoms with Gasteiger partial charge in [-0.15, -0.1) is 11.3 Å². The highest BCUT2D eigenvalue weighted by Gasteiger charge is 2.31. The summed E-state index contributed by atoms with van der Waals surface area (Å²) in [5.41, 5.74) is 0.941. The molecule has 0 bridgehead atoms. The lowest BCUT2D eigenvalue weighted by atomic mass is 9.92.